The Balaban J connectivity index is 1.39. The van der Waals surface area contributed by atoms with Crippen LogP contribution >= 0.6 is 0 Å². The lowest BCUT2D eigenvalue weighted by molar-refractivity contribution is -0.442. The molecule has 9 nitrogen and oxygen atoms in total. The Morgan fingerprint density at radius 3 is 2.19 bits per heavy atom. The van der Waals surface area contributed by atoms with Crippen molar-refractivity contribution in [3.05, 3.63) is 35.9 Å². The summed E-state index contributed by atoms with van der Waals surface area (Å²) in [5, 5.41) is 23.6. The van der Waals surface area contributed by atoms with Crippen molar-refractivity contribution in [3.8, 4) is 0 Å². The number of aliphatic hydroxyl groups is 2. The molecular weight excluding hydrogens is 633 g/mol. The molecule has 4 fully saturated rings. The summed E-state index contributed by atoms with van der Waals surface area (Å²) in [4.78, 5) is 0. The quantitative estimate of drug-likeness (QED) is 0.205. The SMILES string of the molecule is CC(C)(C)[Si](C)(C)OC[C@@]1(C)O[C@@]2(C)C[C@@]34CO[C@@](CCOCc5ccccc5)(O3)[C@@H](O)CC4(O)O[C@@H]2C[C@@H]1O[Si](C)(C)C(C)(C)C. The first-order valence-electron chi connectivity index (χ1n) is 17.5. The van der Waals surface area contributed by atoms with E-state index >= 15 is 0 Å². The molecule has 0 aliphatic carbocycles. The van der Waals surface area contributed by atoms with Crippen molar-refractivity contribution in [3.63, 3.8) is 0 Å². The number of benzene rings is 1. The summed E-state index contributed by atoms with van der Waals surface area (Å²) in [5.41, 5.74) is -1.76. The average molecular weight is 695 g/mol. The fourth-order valence-electron chi connectivity index (χ4n) is 7.09. The molecule has 47 heavy (non-hydrogen) atoms. The fourth-order valence-corrected chi connectivity index (χ4v) is 9.58. The molecule has 0 amide bonds. The fraction of sp³-hybridized carbons (Fsp3) is 0.833. The monoisotopic (exact) mass is 694 g/mol. The highest BCUT2D eigenvalue weighted by atomic mass is 28.4. The Kier molecular flexibility index (Phi) is 9.76. The number of hydrogen-bond donors (Lipinski definition) is 2. The molecule has 4 aliphatic heterocycles. The molecule has 5 rings (SSSR count). The topological polar surface area (TPSA) is 105 Å². The Morgan fingerprint density at radius 2 is 1.57 bits per heavy atom. The summed E-state index contributed by atoms with van der Waals surface area (Å²) >= 11 is 0. The molecule has 1 spiro atoms. The minimum Gasteiger partial charge on any atom is -0.414 e. The highest BCUT2D eigenvalue weighted by Gasteiger charge is 2.76. The van der Waals surface area contributed by atoms with Crippen LogP contribution in [-0.4, -0.2) is 93.4 Å². The summed E-state index contributed by atoms with van der Waals surface area (Å²) in [6.07, 6.45) is -0.763. The standard InChI is InChI=1S/C36H62O9Si2/c1-30(2,3)46(9,10)41-24-33(8)29(43-47(11,12)31(4,5)6)20-28-32(7,44-33)23-34-25-40-35(45-34,27(37)21-36(34,38)42-28)18-19-39-22-26-16-14-13-15-17-26/h13-17,27-29,37-38H,18-25H2,1-12H3/t27-,28+,29-,32-,33+,34-,35-,36?/m0/s1. The summed E-state index contributed by atoms with van der Waals surface area (Å²) in [6, 6.07) is 9.96. The molecule has 268 valence electrons. The maximum atomic E-state index is 12.2. The first-order valence-corrected chi connectivity index (χ1v) is 23.3. The van der Waals surface area contributed by atoms with Crippen LogP contribution in [0.2, 0.25) is 36.3 Å². The normalized spacial score (nSPS) is 39.4. The van der Waals surface area contributed by atoms with E-state index in [-0.39, 0.29) is 29.2 Å². The lowest BCUT2D eigenvalue weighted by atomic mass is 9.69. The van der Waals surface area contributed by atoms with Crippen LogP contribution < -0.4 is 0 Å². The highest BCUT2D eigenvalue weighted by molar-refractivity contribution is 6.74. The average Bonchev–Trinajstić information content (AvgIpc) is 3.28. The van der Waals surface area contributed by atoms with Gasteiger partial charge in [-0.2, -0.15) is 0 Å². The van der Waals surface area contributed by atoms with Crippen molar-refractivity contribution in [2.24, 2.45) is 0 Å². The number of fused-ring (bicyclic) bond motifs is 2. The summed E-state index contributed by atoms with van der Waals surface area (Å²) in [7, 11) is -4.36. The van der Waals surface area contributed by atoms with Gasteiger partial charge in [-0.15, -0.1) is 0 Å². The molecule has 4 aliphatic rings. The molecule has 0 saturated carbocycles. The molecule has 1 aromatic rings. The van der Waals surface area contributed by atoms with Crippen LogP contribution in [0, 0.1) is 0 Å². The van der Waals surface area contributed by atoms with E-state index in [9.17, 15) is 10.2 Å². The van der Waals surface area contributed by atoms with Crippen LogP contribution in [0.3, 0.4) is 0 Å². The van der Waals surface area contributed by atoms with Crippen molar-refractivity contribution >= 4 is 16.6 Å². The van der Waals surface area contributed by atoms with Crippen LogP contribution in [0.4, 0.5) is 0 Å². The van der Waals surface area contributed by atoms with Crippen molar-refractivity contribution in [1.82, 2.24) is 0 Å². The van der Waals surface area contributed by atoms with Gasteiger partial charge in [0.15, 0.2) is 28.0 Å². The Morgan fingerprint density at radius 1 is 0.936 bits per heavy atom. The molecule has 4 heterocycles. The summed E-state index contributed by atoms with van der Waals surface area (Å²) in [6.45, 7) is 27.9. The summed E-state index contributed by atoms with van der Waals surface area (Å²) < 4.78 is 46.8. The van der Waals surface area contributed by atoms with Gasteiger partial charge < -0.3 is 42.7 Å². The van der Waals surface area contributed by atoms with Crippen molar-refractivity contribution in [1.29, 1.82) is 0 Å². The molecule has 1 aromatic carbocycles. The highest BCUT2D eigenvalue weighted by Crippen LogP contribution is 2.60. The zero-order valence-electron chi connectivity index (χ0n) is 31.0. The van der Waals surface area contributed by atoms with Crippen molar-refractivity contribution < 1.29 is 42.7 Å². The van der Waals surface area contributed by atoms with Gasteiger partial charge in [-0.3, -0.25) is 0 Å². The minimum absolute atomic E-state index is 0.0126. The van der Waals surface area contributed by atoms with Gasteiger partial charge in [0.25, 0.3) is 0 Å². The van der Waals surface area contributed by atoms with Crippen LogP contribution in [0.25, 0.3) is 0 Å². The molecule has 0 radical (unpaired) electrons. The second-order valence-corrected chi connectivity index (χ2v) is 27.7. The van der Waals surface area contributed by atoms with Gasteiger partial charge in [0.2, 0.25) is 5.79 Å². The smallest absolute Gasteiger partial charge is 0.200 e. The molecular formula is C36H62O9Si2. The van der Waals surface area contributed by atoms with E-state index in [0.29, 0.717) is 39.1 Å². The van der Waals surface area contributed by atoms with Crippen LogP contribution in [-0.2, 0) is 39.1 Å². The third-order valence-electron chi connectivity index (χ3n) is 12.3. The van der Waals surface area contributed by atoms with Gasteiger partial charge in [0.05, 0.1) is 44.2 Å². The predicted molar refractivity (Wildman–Crippen MR) is 186 cm³/mol. The minimum atomic E-state index is -2.24. The molecule has 2 bridgehead atoms. The van der Waals surface area contributed by atoms with Crippen molar-refractivity contribution in [2.75, 3.05) is 19.8 Å². The van der Waals surface area contributed by atoms with Gasteiger partial charge >= 0.3 is 0 Å². The lowest BCUT2D eigenvalue weighted by Gasteiger charge is -2.63. The maximum absolute atomic E-state index is 12.2. The number of ether oxygens (including phenoxy) is 5. The van der Waals surface area contributed by atoms with Crippen molar-refractivity contribution in [2.45, 2.75) is 171 Å². The largest absolute Gasteiger partial charge is 0.414 e. The number of aliphatic hydroxyl groups excluding tert-OH is 1. The Hall–Kier alpha value is -0.706. The predicted octanol–water partition coefficient (Wildman–Crippen LogP) is 6.67. The van der Waals surface area contributed by atoms with Gasteiger partial charge in [0, 0.05) is 25.7 Å². The molecule has 8 atom stereocenters. The molecule has 0 aromatic heterocycles. The van der Waals surface area contributed by atoms with E-state index in [2.05, 4.69) is 81.6 Å². The summed E-state index contributed by atoms with van der Waals surface area (Å²) in [5.74, 6) is -3.05. The third-order valence-corrected chi connectivity index (χ3v) is 21.3. The van der Waals surface area contributed by atoms with E-state index < -0.39 is 57.2 Å². The van der Waals surface area contributed by atoms with E-state index in [1.165, 1.54) is 0 Å². The van der Waals surface area contributed by atoms with E-state index in [1.807, 2.05) is 30.3 Å². The van der Waals surface area contributed by atoms with E-state index in [4.69, 9.17) is 32.5 Å². The van der Waals surface area contributed by atoms with Crippen LogP contribution in [0.5, 0.6) is 0 Å². The maximum Gasteiger partial charge on any atom is 0.200 e. The van der Waals surface area contributed by atoms with Crippen LogP contribution in [0.1, 0.15) is 86.6 Å². The first-order chi connectivity index (χ1) is 21.4. The van der Waals surface area contributed by atoms with E-state index in [0.717, 1.165) is 5.56 Å². The van der Waals surface area contributed by atoms with E-state index in [1.54, 1.807) is 0 Å². The second kappa shape index (κ2) is 12.2. The number of hydrogen-bond acceptors (Lipinski definition) is 9. The van der Waals surface area contributed by atoms with Gasteiger partial charge in [-0.1, -0.05) is 71.9 Å². The second-order valence-electron chi connectivity index (χ2n) is 18.2. The molecule has 1 unspecified atom stereocenters. The van der Waals surface area contributed by atoms with Gasteiger partial charge in [0.1, 0.15) is 11.7 Å². The first kappa shape index (κ1) is 37.5. The third kappa shape index (κ3) is 6.85. The zero-order chi connectivity index (χ0) is 35.0. The van der Waals surface area contributed by atoms with Gasteiger partial charge in [-0.05, 0) is 55.7 Å². The van der Waals surface area contributed by atoms with Crippen LogP contribution in [0.15, 0.2) is 30.3 Å². The lowest BCUT2D eigenvalue weighted by Crippen LogP contribution is -2.77. The molecule has 4 saturated heterocycles. The zero-order valence-corrected chi connectivity index (χ0v) is 33.0. The Labute approximate surface area is 285 Å². The number of rotatable bonds is 10. The molecule has 11 heteroatoms. The Bertz CT molecular complexity index is 1270. The molecule has 2 N–H and O–H groups in total. The van der Waals surface area contributed by atoms with Gasteiger partial charge in [-0.25, -0.2) is 0 Å².